The van der Waals surface area contributed by atoms with Crippen LogP contribution in [0.5, 0.6) is 0 Å². The molecule has 0 bridgehead atoms. The fourth-order valence-electron chi connectivity index (χ4n) is 6.22. The van der Waals surface area contributed by atoms with Gasteiger partial charge in [0.05, 0.1) is 22.6 Å². The van der Waals surface area contributed by atoms with Crippen molar-refractivity contribution < 1.29 is 52.0 Å². The highest BCUT2D eigenvalue weighted by atomic mass is 32.2. The minimum atomic E-state index is -4.76. The van der Waals surface area contributed by atoms with Gasteiger partial charge in [-0.3, -0.25) is 9.97 Å². The molecule has 0 fully saturated rings. The number of aromatic nitrogens is 2. The minimum absolute atomic E-state index is 0.0595. The fourth-order valence-corrected chi connectivity index (χ4v) is 7.91. The van der Waals surface area contributed by atoms with Crippen LogP contribution >= 0.6 is 0 Å². The number of fused-ring (bicyclic) bond motifs is 2. The molecular weight excluding hydrogens is 745 g/mol. The molecule has 8 nitrogen and oxygen atoms in total. The van der Waals surface area contributed by atoms with E-state index in [-0.39, 0.29) is 22.6 Å². The summed E-state index contributed by atoms with van der Waals surface area (Å²) in [5, 5.41) is 0. The second kappa shape index (κ2) is 14.8. The molecule has 18 heteroatoms. The van der Waals surface area contributed by atoms with Crippen LogP contribution < -0.4 is 9.44 Å². The molecule has 0 radical (unpaired) electrons. The summed E-state index contributed by atoms with van der Waals surface area (Å²) in [6.07, 6.45) is -1.47. The zero-order valence-corrected chi connectivity index (χ0v) is 29.2. The van der Waals surface area contributed by atoms with E-state index in [2.05, 4.69) is 19.4 Å². The first-order chi connectivity index (χ1) is 24.2. The Bertz CT molecular complexity index is 2040. The Hall–Kier alpha value is -4.00. The van der Waals surface area contributed by atoms with E-state index in [1.807, 2.05) is 0 Å². The van der Waals surface area contributed by atoms with E-state index in [1.165, 1.54) is 50.8 Å². The average Bonchev–Trinajstić information content (AvgIpc) is 3.67. The Morgan fingerprint density at radius 3 is 1.31 bits per heavy atom. The molecule has 2 N–H and O–H groups in total. The Labute approximate surface area is 294 Å². The largest absolute Gasteiger partial charge is 0.419 e. The summed E-state index contributed by atoms with van der Waals surface area (Å²) in [5.74, 6) is -2.82. The van der Waals surface area contributed by atoms with E-state index in [9.17, 15) is 52.0 Å². The van der Waals surface area contributed by atoms with Gasteiger partial charge in [0.1, 0.15) is 11.6 Å². The quantitative estimate of drug-likeness (QED) is 0.178. The van der Waals surface area contributed by atoms with Gasteiger partial charge in [0.25, 0.3) is 0 Å². The molecule has 280 valence electrons. The lowest BCUT2D eigenvalue weighted by molar-refractivity contribution is -0.140. The third kappa shape index (κ3) is 8.61. The molecule has 0 saturated carbocycles. The molecule has 0 aliphatic heterocycles. The minimum Gasteiger partial charge on any atom is -0.264 e. The van der Waals surface area contributed by atoms with Gasteiger partial charge >= 0.3 is 12.4 Å². The molecule has 4 aromatic rings. The third-order valence-electron chi connectivity index (χ3n) is 8.87. The number of sulfonamides is 2. The predicted octanol–water partition coefficient (Wildman–Crippen LogP) is 7.67. The summed E-state index contributed by atoms with van der Waals surface area (Å²) >= 11 is 0. The molecule has 0 spiro atoms. The van der Waals surface area contributed by atoms with Crippen molar-refractivity contribution >= 4 is 20.0 Å². The number of nitrogens with one attached hydrogen (secondary N) is 2. The van der Waals surface area contributed by atoms with Crippen molar-refractivity contribution in [2.45, 2.75) is 64.0 Å². The molecule has 2 heterocycles. The number of benzene rings is 2. The van der Waals surface area contributed by atoms with Crippen molar-refractivity contribution in [3.63, 3.8) is 0 Å². The van der Waals surface area contributed by atoms with E-state index in [4.69, 9.17) is 0 Å². The van der Waals surface area contributed by atoms with Crippen LogP contribution in [0.4, 0.5) is 35.1 Å². The number of pyridine rings is 2. The normalized spacial score (nSPS) is 17.3. The average molecular weight is 777 g/mol. The number of hydrogen-bond donors (Lipinski definition) is 2. The van der Waals surface area contributed by atoms with Crippen LogP contribution in [0, 0.1) is 11.6 Å². The van der Waals surface area contributed by atoms with Crippen LogP contribution in [0.2, 0.25) is 0 Å². The Morgan fingerprint density at radius 1 is 0.635 bits per heavy atom. The van der Waals surface area contributed by atoms with Gasteiger partial charge in [-0.15, -0.1) is 0 Å². The van der Waals surface area contributed by atoms with Crippen molar-refractivity contribution in [1.82, 2.24) is 19.4 Å². The topological polar surface area (TPSA) is 118 Å². The third-order valence-corrected chi connectivity index (χ3v) is 11.7. The monoisotopic (exact) mass is 776 g/mol. The summed E-state index contributed by atoms with van der Waals surface area (Å²) < 4.78 is 157. The fraction of sp³-hybridized carbons (Fsp3) is 0.353. The summed E-state index contributed by atoms with van der Waals surface area (Å²) in [5.41, 5.74) is 1.79. The van der Waals surface area contributed by atoms with Gasteiger partial charge < -0.3 is 0 Å². The van der Waals surface area contributed by atoms with E-state index < -0.39 is 67.2 Å². The molecular formula is C34H32F8N4O4S2. The van der Waals surface area contributed by atoms with Gasteiger partial charge in [0.2, 0.25) is 20.0 Å². The number of nitrogens with zero attached hydrogens (tertiary/aromatic N) is 2. The lowest BCUT2D eigenvalue weighted by Crippen LogP contribution is -2.28. The van der Waals surface area contributed by atoms with Crippen LogP contribution in [0.25, 0.3) is 22.3 Å². The first-order valence-electron chi connectivity index (χ1n) is 15.9. The molecule has 2 unspecified atom stereocenters. The Kier molecular flexibility index (Phi) is 11.2. The highest BCUT2D eigenvalue weighted by Crippen LogP contribution is 2.41. The molecule has 2 aromatic heterocycles. The summed E-state index contributed by atoms with van der Waals surface area (Å²) in [7, 11) is -6.83. The van der Waals surface area contributed by atoms with Gasteiger partial charge in [-0.2, -0.15) is 26.3 Å². The standard InChI is InChI=1S/2C17H16F4N2O2S/c2*1-2-26(24,25)23-16-6-4-11-12(8-22-9-13(11)16)10-3-5-14(15(18)7-10)17(19,20)21/h2*3,5,7-9,16,23H,2,4,6H2,1H3. The van der Waals surface area contributed by atoms with Crippen LogP contribution in [0.1, 0.15) is 72.2 Å². The van der Waals surface area contributed by atoms with Crippen LogP contribution in [0.15, 0.2) is 61.2 Å². The van der Waals surface area contributed by atoms with E-state index in [1.54, 1.807) is 0 Å². The number of alkyl halides is 6. The molecule has 52 heavy (non-hydrogen) atoms. The highest BCUT2D eigenvalue weighted by molar-refractivity contribution is 7.89. The van der Waals surface area contributed by atoms with E-state index in [0.717, 1.165) is 23.3 Å². The molecule has 6 rings (SSSR count). The maximum atomic E-state index is 13.9. The van der Waals surface area contributed by atoms with E-state index >= 15 is 0 Å². The lowest BCUT2D eigenvalue weighted by atomic mass is 9.98. The number of halogens is 8. The lowest BCUT2D eigenvalue weighted by Gasteiger charge is -2.15. The number of rotatable bonds is 8. The first-order valence-corrected chi connectivity index (χ1v) is 19.2. The maximum absolute atomic E-state index is 13.9. The van der Waals surface area contributed by atoms with Crippen LogP contribution in [0.3, 0.4) is 0 Å². The predicted molar refractivity (Wildman–Crippen MR) is 177 cm³/mol. The summed E-state index contributed by atoms with van der Waals surface area (Å²) in [4.78, 5) is 8.12. The van der Waals surface area contributed by atoms with Crippen LogP contribution in [-0.2, 0) is 45.2 Å². The second-order valence-corrected chi connectivity index (χ2v) is 16.2. The second-order valence-electron chi connectivity index (χ2n) is 12.1. The molecule has 2 atom stereocenters. The van der Waals surface area contributed by atoms with Crippen molar-refractivity contribution in [1.29, 1.82) is 0 Å². The van der Waals surface area contributed by atoms with Crippen molar-refractivity contribution in [3.8, 4) is 22.3 Å². The van der Waals surface area contributed by atoms with Gasteiger partial charge in [-0.05, 0) is 97.2 Å². The summed E-state index contributed by atoms with van der Waals surface area (Å²) in [6, 6.07) is 4.60. The van der Waals surface area contributed by atoms with Gasteiger partial charge in [0.15, 0.2) is 0 Å². The molecule has 0 saturated heterocycles. The number of hydrogen-bond acceptors (Lipinski definition) is 6. The van der Waals surface area contributed by atoms with Gasteiger partial charge in [-0.25, -0.2) is 35.1 Å². The molecule has 0 amide bonds. The molecule has 2 aliphatic carbocycles. The summed E-state index contributed by atoms with van der Waals surface area (Å²) in [6.45, 7) is 3.05. The maximum Gasteiger partial charge on any atom is 0.419 e. The Morgan fingerprint density at radius 2 is 1.00 bits per heavy atom. The smallest absolute Gasteiger partial charge is 0.264 e. The zero-order valence-electron chi connectivity index (χ0n) is 27.5. The highest BCUT2D eigenvalue weighted by Gasteiger charge is 2.36. The van der Waals surface area contributed by atoms with Crippen molar-refractivity contribution in [3.05, 3.63) is 106 Å². The first kappa shape index (κ1) is 39.2. The SMILES string of the molecule is CCS(=O)(=O)NC1CCc2c(-c3ccc(C(F)(F)F)c(F)c3)cncc21.CCS(=O)(=O)NC1CCc2c(-c3ccc(C(F)(F)F)c(F)c3)cncc21. The van der Waals surface area contributed by atoms with E-state index in [0.29, 0.717) is 60.1 Å². The van der Waals surface area contributed by atoms with Gasteiger partial charge in [-0.1, -0.05) is 12.1 Å². The zero-order chi connectivity index (χ0) is 38.2. The van der Waals surface area contributed by atoms with Crippen molar-refractivity contribution in [2.75, 3.05) is 11.5 Å². The Balaban J connectivity index is 0.000000201. The van der Waals surface area contributed by atoms with Crippen molar-refractivity contribution in [2.24, 2.45) is 0 Å². The van der Waals surface area contributed by atoms with Gasteiger partial charge in [0, 0.05) is 48.0 Å². The molecule has 2 aromatic carbocycles. The molecule has 2 aliphatic rings. The van der Waals surface area contributed by atoms with Crippen LogP contribution in [-0.4, -0.2) is 38.3 Å².